The molecule has 7 heteroatoms. The van der Waals surface area contributed by atoms with Crippen molar-refractivity contribution in [1.82, 2.24) is 25.7 Å². The van der Waals surface area contributed by atoms with E-state index in [1.165, 1.54) is 6.07 Å². The van der Waals surface area contributed by atoms with Crippen molar-refractivity contribution in [2.24, 2.45) is 0 Å². The van der Waals surface area contributed by atoms with Crippen molar-refractivity contribution in [1.29, 1.82) is 0 Å². The molecule has 0 bridgehead atoms. The van der Waals surface area contributed by atoms with E-state index in [4.69, 9.17) is 4.74 Å². The molecule has 0 atom stereocenters. The first kappa shape index (κ1) is 19.5. The predicted molar refractivity (Wildman–Crippen MR) is 110 cm³/mol. The second-order valence-electron chi connectivity index (χ2n) is 8.98. The summed E-state index contributed by atoms with van der Waals surface area (Å²) in [6.45, 7) is 8.70. The summed E-state index contributed by atoms with van der Waals surface area (Å²) in [5.41, 5.74) is 2.43. The van der Waals surface area contributed by atoms with E-state index < -0.39 is 0 Å². The predicted octanol–water partition coefficient (Wildman–Crippen LogP) is 4.36. The zero-order chi connectivity index (χ0) is 20.6. The highest BCUT2D eigenvalue weighted by atomic mass is 19.1. The van der Waals surface area contributed by atoms with Crippen LogP contribution in [0.25, 0.3) is 22.4 Å². The Labute approximate surface area is 169 Å². The van der Waals surface area contributed by atoms with E-state index in [0.717, 1.165) is 24.0 Å². The Hall–Kier alpha value is -2.80. The van der Waals surface area contributed by atoms with E-state index in [0.29, 0.717) is 17.1 Å². The number of halogens is 1. The molecule has 2 aromatic heterocycles. The van der Waals surface area contributed by atoms with Gasteiger partial charge in [-0.2, -0.15) is 5.10 Å². The van der Waals surface area contributed by atoms with Crippen LogP contribution in [0, 0.1) is 5.82 Å². The van der Waals surface area contributed by atoms with Gasteiger partial charge in [-0.25, -0.2) is 4.39 Å². The molecule has 29 heavy (non-hydrogen) atoms. The highest BCUT2D eigenvalue weighted by Crippen LogP contribution is 2.31. The molecule has 2 N–H and O–H groups in total. The minimum absolute atomic E-state index is 0.0142. The number of rotatable bonds is 4. The molecular formula is C22H26FN5O. The minimum Gasteiger partial charge on any atom is -0.473 e. The maximum Gasteiger partial charge on any atom is 0.233 e. The Bertz CT molecular complexity index is 967. The van der Waals surface area contributed by atoms with Gasteiger partial charge in [-0.1, -0.05) is 6.07 Å². The maximum atomic E-state index is 14.6. The average Bonchev–Trinajstić information content (AvgIpc) is 3.14. The molecule has 1 aromatic carbocycles. The fourth-order valence-corrected chi connectivity index (χ4v) is 4.32. The molecule has 0 radical (unpaired) electrons. The monoisotopic (exact) mass is 395 g/mol. The molecule has 0 amide bonds. The van der Waals surface area contributed by atoms with Gasteiger partial charge in [0.15, 0.2) is 0 Å². The normalized spacial score (nSPS) is 18.5. The number of aromatic nitrogens is 4. The van der Waals surface area contributed by atoms with Gasteiger partial charge in [0.1, 0.15) is 11.9 Å². The Kier molecular flexibility index (Phi) is 4.86. The zero-order valence-corrected chi connectivity index (χ0v) is 17.2. The molecule has 1 saturated heterocycles. The number of hydrogen-bond donors (Lipinski definition) is 2. The molecule has 4 rings (SSSR count). The fourth-order valence-electron chi connectivity index (χ4n) is 4.32. The van der Waals surface area contributed by atoms with Crippen molar-refractivity contribution in [3.63, 3.8) is 0 Å². The summed E-state index contributed by atoms with van der Waals surface area (Å²) in [5.74, 6) is 0.108. The van der Waals surface area contributed by atoms with Gasteiger partial charge < -0.3 is 10.1 Å². The Morgan fingerprint density at radius 2 is 1.76 bits per heavy atom. The summed E-state index contributed by atoms with van der Waals surface area (Å²) >= 11 is 0. The van der Waals surface area contributed by atoms with Gasteiger partial charge in [-0.15, -0.1) is 10.2 Å². The van der Waals surface area contributed by atoms with Crippen molar-refractivity contribution in [2.75, 3.05) is 0 Å². The van der Waals surface area contributed by atoms with Gasteiger partial charge in [0, 0.05) is 47.3 Å². The molecule has 1 aliphatic rings. The highest BCUT2D eigenvalue weighted by molar-refractivity contribution is 5.68. The SMILES string of the molecule is CC1(C)CC(Oc2ccc(-c3ccc(-c4cn[nH]c4)cc3F)nn2)CC(C)(C)N1. The number of piperidine rings is 1. The molecule has 1 fully saturated rings. The zero-order valence-electron chi connectivity index (χ0n) is 17.2. The van der Waals surface area contributed by atoms with Gasteiger partial charge in [0.05, 0.1) is 11.9 Å². The molecule has 1 aliphatic heterocycles. The van der Waals surface area contributed by atoms with E-state index in [1.807, 2.05) is 6.07 Å². The van der Waals surface area contributed by atoms with Crippen LogP contribution >= 0.6 is 0 Å². The second-order valence-corrected chi connectivity index (χ2v) is 8.98. The standard InChI is InChI=1S/C22H26FN5O/c1-21(2)10-16(11-22(3,4)28-21)29-20-8-7-19(26-27-20)17-6-5-14(9-18(17)23)15-12-24-25-13-15/h5-9,12-13,16,28H,10-11H2,1-4H3,(H,24,25). The summed E-state index contributed by atoms with van der Waals surface area (Å²) in [6, 6.07) is 8.53. The largest absolute Gasteiger partial charge is 0.473 e. The van der Waals surface area contributed by atoms with Crippen LogP contribution in [0.2, 0.25) is 0 Å². The number of nitrogens with one attached hydrogen (secondary N) is 2. The van der Waals surface area contributed by atoms with Crippen LogP contribution in [0.1, 0.15) is 40.5 Å². The molecule has 6 nitrogen and oxygen atoms in total. The van der Waals surface area contributed by atoms with Crippen LogP contribution in [0.4, 0.5) is 4.39 Å². The van der Waals surface area contributed by atoms with Crippen LogP contribution in [-0.2, 0) is 0 Å². The smallest absolute Gasteiger partial charge is 0.233 e. The lowest BCUT2D eigenvalue weighted by Gasteiger charge is -2.46. The number of H-pyrrole nitrogens is 1. The van der Waals surface area contributed by atoms with Gasteiger partial charge in [0.2, 0.25) is 5.88 Å². The molecule has 0 aliphatic carbocycles. The number of aromatic amines is 1. The number of benzene rings is 1. The molecule has 0 saturated carbocycles. The number of hydrogen-bond acceptors (Lipinski definition) is 5. The molecule has 3 heterocycles. The van der Waals surface area contributed by atoms with Crippen LogP contribution in [-0.4, -0.2) is 37.6 Å². The van der Waals surface area contributed by atoms with Crippen molar-refractivity contribution in [3.05, 3.63) is 48.5 Å². The van der Waals surface area contributed by atoms with Crippen molar-refractivity contribution in [2.45, 2.75) is 57.7 Å². The Morgan fingerprint density at radius 1 is 1.00 bits per heavy atom. The van der Waals surface area contributed by atoms with E-state index in [1.54, 1.807) is 30.6 Å². The van der Waals surface area contributed by atoms with Crippen molar-refractivity contribution < 1.29 is 9.13 Å². The second kappa shape index (κ2) is 7.22. The molecule has 152 valence electrons. The van der Waals surface area contributed by atoms with Crippen molar-refractivity contribution in [3.8, 4) is 28.3 Å². The van der Waals surface area contributed by atoms with Crippen LogP contribution in [0.5, 0.6) is 5.88 Å². The quantitative estimate of drug-likeness (QED) is 0.686. The lowest BCUT2D eigenvalue weighted by molar-refractivity contribution is 0.0524. The lowest BCUT2D eigenvalue weighted by atomic mass is 9.81. The van der Waals surface area contributed by atoms with Gasteiger partial charge in [-0.3, -0.25) is 5.10 Å². The van der Waals surface area contributed by atoms with E-state index in [9.17, 15) is 4.39 Å². The maximum absolute atomic E-state index is 14.6. The molecule has 3 aromatic rings. The lowest BCUT2D eigenvalue weighted by Crippen LogP contribution is -2.60. The first-order chi connectivity index (χ1) is 13.7. The first-order valence-corrected chi connectivity index (χ1v) is 9.80. The number of nitrogens with zero attached hydrogens (tertiary/aromatic N) is 3. The third-order valence-corrected chi connectivity index (χ3v) is 5.16. The summed E-state index contributed by atoms with van der Waals surface area (Å²) in [5, 5.41) is 18.6. The third kappa shape index (κ3) is 4.45. The molecule has 0 spiro atoms. The fraction of sp³-hybridized carbons (Fsp3) is 0.409. The van der Waals surface area contributed by atoms with Gasteiger partial charge >= 0.3 is 0 Å². The number of ether oxygens (including phenoxy) is 1. The van der Waals surface area contributed by atoms with Gasteiger partial charge in [-0.05, 0) is 51.5 Å². The van der Waals surface area contributed by atoms with E-state index in [-0.39, 0.29) is 23.0 Å². The summed E-state index contributed by atoms with van der Waals surface area (Å²) < 4.78 is 20.7. The third-order valence-electron chi connectivity index (χ3n) is 5.16. The Morgan fingerprint density at radius 3 is 2.34 bits per heavy atom. The topological polar surface area (TPSA) is 75.7 Å². The molecule has 0 unspecified atom stereocenters. The Balaban J connectivity index is 1.50. The van der Waals surface area contributed by atoms with Crippen LogP contribution in [0.3, 0.4) is 0 Å². The van der Waals surface area contributed by atoms with Crippen molar-refractivity contribution >= 4 is 0 Å². The summed E-state index contributed by atoms with van der Waals surface area (Å²) in [7, 11) is 0. The average molecular weight is 395 g/mol. The van der Waals surface area contributed by atoms with Crippen LogP contribution < -0.4 is 10.1 Å². The summed E-state index contributed by atoms with van der Waals surface area (Å²) in [4.78, 5) is 0. The van der Waals surface area contributed by atoms with Crippen LogP contribution in [0.15, 0.2) is 42.7 Å². The summed E-state index contributed by atoms with van der Waals surface area (Å²) in [6.07, 6.45) is 5.19. The molecular weight excluding hydrogens is 369 g/mol. The van der Waals surface area contributed by atoms with Gasteiger partial charge in [0.25, 0.3) is 0 Å². The highest BCUT2D eigenvalue weighted by Gasteiger charge is 2.38. The van der Waals surface area contributed by atoms with E-state index in [2.05, 4.69) is 53.4 Å². The first-order valence-electron chi connectivity index (χ1n) is 9.80. The van der Waals surface area contributed by atoms with E-state index >= 15 is 0 Å². The minimum atomic E-state index is -0.353.